The first kappa shape index (κ1) is 18.0. The van der Waals surface area contributed by atoms with Crippen LogP contribution in [0.3, 0.4) is 0 Å². The molecule has 6 nitrogen and oxygen atoms in total. The molecule has 0 aliphatic rings. The quantitative estimate of drug-likeness (QED) is 0.691. The largest absolute Gasteiger partial charge is 0.482 e. The van der Waals surface area contributed by atoms with Crippen LogP contribution in [0.4, 0.5) is 0 Å². The third-order valence-electron chi connectivity index (χ3n) is 2.40. The average molecular weight is 355 g/mol. The first-order valence-corrected chi connectivity index (χ1v) is 8.57. The summed E-state index contributed by atoms with van der Waals surface area (Å²) >= 11 is 11.6. The van der Waals surface area contributed by atoms with E-state index in [1.165, 1.54) is 13.0 Å². The summed E-state index contributed by atoms with van der Waals surface area (Å²) in [6.07, 6.45) is 0. The van der Waals surface area contributed by atoms with Crippen molar-refractivity contribution in [3.63, 3.8) is 0 Å². The monoisotopic (exact) mass is 354 g/mol. The van der Waals surface area contributed by atoms with Gasteiger partial charge in [0.25, 0.3) is 5.91 Å². The van der Waals surface area contributed by atoms with Crippen LogP contribution in [-0.2, 0) is 14.8 Å². The van der Waals surface area contributed by atoms with Gasteiger partial charge in [0, 0.05) is 18.1 Å². The Morgan fingerprint density at radius 2 is 2.00 bits per heavy atom. The molecule has 9 heteroatoms. The fraction of sp³-hybridized carbons (Fsp3) is 0.417. The molecule has 0 aliphatic carbocycles. The van der Waals surface area contributed by atoms with Gasteiger partial charge in [-0.3, -0.25) is 4.79 Å². The van der Waals surface area contributed by atoms with Gasteiger partial charge < -0.3 is 10.1 Å². The lowest BCUT2D eigenvalue weighted by Crippen LogP contribution is -2.37. The number of carbonyl (C=O) groups is 1. The van der Waals surface area contributed by atoms with Crippen molar-refractivity contribution in [1.29, 1.82) is 0 Å². The van der Waals surface area contributed by atoms with Gasteiger partial charge in [-0.1, -0.05) is 23.2 Å². The number of hydrogen-bond acceptors (Lipinski definition) is 4. The molecule has 0 atom stereocenters. The number of carbonyl (C=O) groups excluding carboxylic acids is 1. The van der Waals surface area contributed by atoms with Crippen LogP contribution in [0.25, 0.3) is 0 Å². The smallest absolute Gasteiger partial charge is 0.257 e. The summed E-state index contributed by atoms with van der Waals surface area (Å²) in [5.41, 5.74) is 0. The van der Waals surface area contributed by atoms with Crippen molar-refractivity contribution in [2.75, 3.05) is 25.4 Å². The Balaban J connectivity index is 2.28. The van der Waals surface area contributed by atoms with Gasteiger partial charge in [-0.25, -0.2) is 13.1 Å². The van der Waals surface area contributed by atoms with Gasteiger partial charge in [0.05, 0.1) is 10.8 Å². The van der Waals surface area contributed by atoms with Crippen molar-refractivity contribution in [1.82, 2.24) is 10.0 Å². The second-order valence-electron chi connectivity index (χ2n) is 4.01. The summed E-state index contributed by atoms with van der Waals surface area (Å²) in [6.45, 7) is 1.62. The molecule has 1 amide bonds. The molecule has 0 aromatic heterocycles. The van der Waals surface area contributed by atoms with E-state index >= 15 is 0 Å². The fourth-order valence-electron chi connectivity index (χ4n) is 1.30. The van der Waals surface area contributed by atoms with Crippen molar-refractivity contribution >= 4 is 39.1 Å². The number of benzene rings is 1. The maximum Gasteiger partial charge on any atom is 0.257 e. The number of halogens is 2. The van der Waals surface area contributed by atoms with E-state index in [9.17, 15) is 13.2 Å². The van der Waals surface area contributed by atoms with E-state index in [1.807, 2.05) is 0 Å². The molecule has 0 aliphatic heterocycles. The standard InChI is InChI=1S/C12H16Cl2N2O4S/c1-2-21(18,19)16-6-5-15-12(17)8-20-11-4-3-9(13)7-10(11)14/h3-4,7,16H,2,5-6,8H2,1H3,(H,15,17). The number of nitrogens with one attached hydrogen (secondary N) is 2. The molecule has 1 aromatic rings. The molecule has 0 heterocycles. The Hall–Kier alpha value is -1.02. The Morgan fingerprint density at radius 1 is 1.29 bits per heavy atom. The predicted octanol–water partition coefficient (Wildman–Crippen LogP) is 1.43. The minimum atomic E-state index is -3.24. The summed E-state index contributed by atoms with van der Waals surface area (Å²) in [7, 11) is -3.24. The van der Waals surface area contributed by atoms with Gasteiger partial charge in [0.2, 0.25) is 10.0 Å². The summed E-state index contributed by atoms with van der Waals surface area (Å²) < 4.78 is 29.9. The summed E-state index contributed by atoms with van der Waals surface area (Å²) in [6, 6.07) is 4.67. The lowest BCUT2D eigenvalue weighted by atomic mass is 10.3. The molecule has 0 fully saturated rings. The van der Waals surface area contributed by atoms with Crippen LogP contribution in [0.15, 0.2) is 18.2 Å². The third-order valence-corrected chi connectivity index (χ3v) is 4.34. The fourth-order valence-corrected chi connectivity index (χ4v) is 2.38. The number of hydrogen-bond donors (Lipinski definition) is 2. The number of ether oxygens (including phenoxy) is 1. The molecular weight excluding hydrogens is 339 g/mol. The van der Waals surface area contributed by atoms with Crippen LogP contribution in [0, 0.1) is 0 Å². The minimum absolute atomic E-state index is 0.000870. The molecule has 0 bridgehead atoms. The van der Waals surface area contributed by atoms with Crippen molar-refractivity contribution in [3.05, 3.63) is 28.2 Å². The molecule has 1 aromatic carbocycles. The highest BCUT2D eigenvalue weighted by Crippen LogP contribution is 2.27. The first-order chi connectivity index (χ1) is 9.84. The summed E-state index contributed by atoms with van der Waals surface area (Å²) in [5, 5.41) is 3.30. The van der Waals surface area contributed by atoms with Gasteiger partial charge in [-0.05, 0) is 25.1 Å². The van der Waals surface area contributed by atoms with Gasteiger partial charge in [0.1, 0.15) is 5.75 Å². The third kappa shape index (κ3) is 6.99. The van der Waals surface area contributed by atoms with E-state index in [0.29, 0.717) is 15.8 Å². The number of sulfonamides is 1. The first-order valence-electron chi connectivity index (χ1n) is 6.16. The second-order valence-corrected chi connectivity index (χ2v) is 6.95. The van der Waals surface area contributed by atoms with Crippen LogP contribution >= 0.6 is 23.2 Å². The van der Waals surface area contributed by atoms with E-state index in [4.69, 9.17) is 27.9 Å². The van der Waals surface area contributed by atoms with Crippen LogP contribution < -0.4 is 14.8 Å². The molecule has 0 spiro atoms. The van der Waals surface area contributed by atoms with Gasteiger partial charge >= 0.3 is 0 Å². The Kier molecular flexibility index (Phi) is 7.24. The molecule has 2 N–H and O–H groups in total. The summed E-state index contributed by atoms with van der Waals surface area (Å²) in [4.78, 5) is 11.5. The van der Waals surface area contributed by atoms with Gasteiger partial charge in [-0.15, -0.1) is 0 Å². The average Bonchev–Trinajstić information content (AvgIpc) is 2.43. The molecule has 0 saturated heterocycles. The van der Waals surface area contributed by atoms with E-state index in [0.717, 1.165) is 0 Å². The van der Waals surface area contributed by atoms with Crippen molar-refractivity contribution in [2.45, 2.75) is 6.92 Å². The molecule has 0 radical (unpaired) electrons. The Bertz CT molecular complexity index is 593. The van der Waals surface area contributed by atoms with E-state index in [1.54, 1.807) is 12.1 Å². The Labute approximate surface area is 133 Å². The van der Waals surface area contributed by atoms with Crippen LogP contribution in [-0.4, -0.2) is 39.8 Å². The van der Waals surface area contributed by atoms with E-state index in [2.05, 4.69) is 10.0 Å². The molecule has 21 heavy (non-hydrogen) atoms. The predicted molar refractivity (Wildman–Crippen MR) is 82.4 cm³/mol. The van der Waals surface area contributed by atoms with Gasteiger partial charge in [-0.2, -0.15) is 0 Å². The molecule has 118 valence electrons. The highest BCUT2D eigenvalue weighted by Gasteiger charge is 2.08. The van der Waals surface area contributed by atoms with Crippen LogP contribution in [0.5, 0.6) is 5.75 Å². The summed E-state index contributed by atoms with van der Waals surface area (Å²) in [5.74, 6) is -0.0290. The molecular formula is C12H16Cl2N2O4S. The highest BCUT2D eigenvalue weighted by molar-refractivity contribution is 7.89. The zero-order chi connectivity index (χ0) is 15.9. The zero-order valence-corrected chi connectivity index (χ0v) is 13.7. The van der Waals surface area contributed by atoms with Crippen LogP contribution in [0.2, 0.25) is 10.0 Å². The second kappa shape index (κ2) is 8.43. The van der Waals surface area contributed by atoms with E-state index < -0.39 is 10.0 Å². The van der Waals surface area contributed by atoms with Crippen molar-refractivity contribution < 1.29 is 17.9 Å². The maximum absolute atomic E-state index is 11.5. The van der Waals surface area contributed by atoms with Crippen molar-refractivity contribution in [3.8, 4) is 5.75 Å². The number of rotatable bonds is 8. The Morgan fingerprint density at radius 3 is 2.62 bits per heavy atom. The van der Waals surface area contributed by atoms with E-state index in [-0.39, 0.29) is 31.4 Å². The van der Waals surface area contributed by atoms with Gasteiger partial charge in [0.15, 0.2) is 6.61 Å². The lowest BCUT2D eigenvalue weighted by molar-refractivity contribution is -0.123. The van der Waals surface area contributed by atoms with Crippen molar-refractivity contribution in [2.24, 2.45) is 0 Å². The number of amides is 1. The maximum atomic E-state index is 11.5. The molecule has 1 rings (SSSR count). The SMILES string of the molecule is CCS(=O)(=O)NCCNC(=O)COc1ccc(Cl)cc1Cl. The topological polar surface area (TPSA) is 84.5 Å². The van der Waals surface area contributed by atoms with Crippen LogP contribution in [0.1, 0.15) is 6.92 Å². The highest BCUT2D eigenvalue weighted by atomic mass is 35.5. The lowest BCUT2D eigenvalue weighted by Gasteiger charge is -2.09. The molecule has 0 unspecified atom stereocenters. The minimum Gasteiger partial charge on any atom is -0.482 e. The molecule has 0 saturated carbocycles. The zero-order valence-electron chi connectivity index (χ0n) is 11.4. The normalized spacial score (nSPS) is 11.2.